The summed E-state index contributed by atoms with van der Waals surface area (Å²) < 4.78 is 0.733. The van der Waals surface area contributed by atoms with Crippen LogP contribution in [-0.2, 0) is 9.59 Å². The Bertz CT molecular complexity index is 704. The van der Waals surface area contributed by atoms with Gasteiger partial charge in [-0.05, 0) is 49.0 Å². The number of carbonyl (C=O) groups excluding carboxylic acids is 2. The molecule has 6 nitrogen and oxygen atoms in total. The molecule has 2 N–H and O–H groups in total. The van der Waals surface area contributed by atoms with Gasteiger partial charge < -0.3 is 15.8 Å². The number of aromatic nitrogens is 1. The average Bonchev–Trinajstić information content (AvgIpc) is 2.51. The molecule has 0 fully saturated rings. The van der Waals surface area contributed by atoms with Gasteiger partial charge in [0.2, 0.25) is 11.8 Å². The van der Waals surface area contributed by atoms with Gasteiger partial charge in [0.1, 0.15) is 0 Å². The summed E-state index contributed by atoms with van der Waals surface area (Å²) in [4.78, 5) is 23.1. The molecule has 1 aromatic heterocycles. The number of anilines is 2. The molecule has 0 spiro atoms. The van der Waals surface area contributed by atoms with Crippen LogP contribution in [0.3, 0.4) is 0 Å². The molecule has 0 aliphatic heterocycles. The molecule has 1 heterocycles. The van der Waals surface area contributed by atoms with Gasteiger partial charge in [-0.25, -0.2) is 0 Å². The minimum Gasteiger partial charge on any atom is -0.618 e. The minimum atomic E-state index is -0.423. The van der Waals surface area contributed by atoms with E-state index in [-0.39, 0.29) is 11.8 Å². The lowest BCUT2D eigenvalue weighted by atomic mass is 10.2. The van der Waals surface area contributed by atoms with Crippen LogP contribution in [0.1, 0.15) is 13.8 Å². The highest BCUT2D eigenvalue weighted by molar-refractivity contribution is 8.00. The summed E-state index contributed by atoms with van der Waals surface area (Å²) in [5, 5.41) is 17.1. The predicted octanol–water partition coefficient (Wildman–Crippen LogP) is 2.40. The van der Waals surface area contributed by atoms with Crippen molar-refractivity contribution in [3.05, 3.63) is 53.9 Å². The summed E-state index contributed by atoms with van der Waals surface area (Å²) in [5.74, 6) is -0.355. The van der Waals surface area contributed by atoms with Crippen LogP contribution >= 0.6 is 11.8 Å². The number of nitrogens with zero attached hydrogens (tertiary/aromatic N) is 1. The van der Waals surface area contributed by atoms with E-state index < -0.39 is 5.25 Å². The van der Waals surface area contributed by atoms with Gasteiger partial charge in [0.25, 0.3) is 5.03 Å². The molecule has 0 unspecified atom stereocenters. The summed E-state index contributed by atoms with van der Waals surface area (Å²) in [6, 6.07) is 11.9. The Morgan fingerprint density at radius 3 is 2.26 bits per heavy atom. The third-order valence-corrected chi connectivity index (χ3v) is 4.05. The molecule has 2 rings (SSSR count). The molecule has 120 valence electrons. The van der Waals surface area contributed by atoms with Crippen molar-refractivity contribution in [2.24, 2.45) is 0 Å². The fourth-order valence-corrected chi connectivity index (χ4v) is 2.67. The Morgan fingerprint density at radius 1 is 1.09 bits per heavy atom. The van der Waals surface area contributed by atoms with Crippen molar-refractivity contribution in [3.8, 4) is 0 Å². The molecule has 1 aromatic carbocycles. The number of amides is 2. The highest BCUT2D eigenvalue weighted by Gasteiger charge is 2.18. The first-order valence-corrected chi connectivity index (χ1v) is 7.87. The van der Waals surface area contributed by atoms with E-state index in [0.29, 0.717) is 16.4 Å². The van der Waals surface area contributed by atoms with E-state index in [1.54, 1.807) is 49.4 Å². The zero-order valence-electron chi connectivity index (χ0n) is 12.8. The van der Waals surface area contributed by atoms with Gasteiger partial charge in [0.15, 0.2) is 6.20 Å². The van der Waals surface area contributed by atoms with Gasteiger partial charge in [0.05, 0.1) is 5.25 Å². The normalized spacial score (nSPS) is 11.6. The quantitative estimate of drug-likeness (QED) is 0.500. The Kier molecular flexibility index (Phi) is 5.59. The number of benzene rings is 1. The molecule has 0 bridgehead atoms. The van der Waals surface area contributed by atoms with E-state index in [0.717, 1.165) is 4.73 Å². The fourth-order valence-electron chi connectivity index (χ4n) is 1.82. The SMILES string of the molecule is CC(=O)Nc1ccc(NC(=O)[C@H](C)Sc2cccc[n+]2[O-])cc1. The van der Waals surface area contributed by atoms with Crippen molar-refractivity contribution in [1.82, 2.24) is 0 Å². The van der Waals surface area contributed by atoms with Gasteiger partial charge in [-0.3, -0.25) is 9.59 Å². The van der Waals surface area contributed by atoms with Crippen molar-refractivity contribution < 1.29 is 14.3 Å². The molecule has 2 aromatic rings. The van der Waals surface area contributed by atoms with Crippen LogP contribution in [0.5, 0.6) is 0 Å². The lowest BCUT2D eigenvalue weighted by molar-refractivity contribution is -0.645. The summed E-state index contributed by atoms with van der Waals surface area (Å²) in [6.45, 7) is 3.17. The average molecular weight is 331 g/mol. The number of hydrogen-bond donors (Lipinski definition) is 2. The second kappa shape index (κ2) is 7.64. The third-order valence-electron chi connectivity index (χ3n) is 2.93. The molecule has 0 radical (unpaired) electrons. The smallest absolute Gasteiger partial charge is 0.252 e. The number of nitrogens with one attached hydrogen (secondary N) is 2. The van der Waals surface area contributed by atoms with Crippen LogP contribution in [0.25, 0.3) is 0 Å². The maximum Gasteiger partial charge on any atom is 0.252 e. The zero-order chi connectivity index (χ0) is 16.8. The zero-order valence-corrected chi connectivity index (χ0v) is 13.6. The molecule has 0 saturated heterocycles. The molecule has 2 amide bonds. The van der Waals surface area contributed by atoms with Gasteiger partial charge in [-0.15, -0.1) is 0 Å². The second-order valence-corrected chi connectivity index (χ2v) is 6.23. The van der Waals surface area contributed by atoms with Crippen molar-refractivity contribution in [1.29, 1.82) is 0 Å². The fraction of sp³-hybridized carbons (Fsp3) is 0.188. The Balaban J connectivity index is 1.95. The van der Waals surface area contributed by atoms with Crippen molar-refractivity contribution in [3.63, 3.8) is 0 Å². The maximum absolute atomic E-state index is 12.2. The molecule has 23 heavy (non-hydrogen) atoms. The Hall–Kier alpha value is -2.54. The van der Waals surface area contributed by atoms with Crippen LogP contribution in [0, 0.1) is 5.21 Å². The van der Waals surface area contributed by atoms with Crippen LogP contribution < -0.4 is 15.4 Å². The molecule has 0 aliphatic rings. The van der Waals surface area contributed by atoms with E-state index in [1.165, 1.54) is 24.9 Å². The molecule has 0 aliphatic carbocycles. The van der Waals surface area contributed by atoms with E-state index in [4.69, 9.17) is 0 Å². The number of carbonyl (C=O) groups is 2. The summed E-state index contributed by atoms with van der Waals surface area (Å²) in [5.41, 5.74) is 1.29. The summed E-state index contributed by atoms with van der Waals surface area (Å²) in [6.07, 6.45) is 1.40. The predicted molar refractivity (Wildman–Crippen MR) is 90.1 cm³/mol. The Morgan fingerprint density at radius 2 is 1.70 bits per heavy atom. The molecule has 0 saturated carbocycles. The number of pyridine rings is 1. The van der Waals surface area contributed by atoms with Crippen LogP contribution in [0.2, 0.25) is 0 Å². The van der Waals surface area contributed by atoms with Crippen molar-refractivity contribution in [2.45, 2.75) is 24.1 Å². The van der Waals surface area contributed by atoms with Crippen molar-refractivity contribution in [2.75, 3.05) is 10.6 Å². The van der Waals surface area contributed by atoms with Gasteiger partial charge in [0, 0.05) is 30.4 Å². The number of thioether (sulfide) groups is 1. The second-order valence-electron chi connectivity index (χ2n) is 4.87. The summed E-state index contributed by atoms with van der Waals surface area (Å²) in [7, 11) is 0. The lowest BCUT2D eigenvalue weighted by Crippen LogP contribution is -2.30. The van der Waals surface area contributed by atoms with E-state index in [9.17, 15) is 14.8 Å². The Labute approximate surface area is 138 Å². The maximum atomic E-state index is 12.2. The molecular formula is C16H17N3O3S. The van der Waals surface area contributed by atoms with E-state index in [2.05, 4.69) is 10.6 Å². The molecule has 1 atom stereocenters. The van der Waals surface area contributed by atoms with Crippen LogP contribution in [-0.4, -0.2) is 17.1 Å². The number of rotatable bonds is 5. The topological polar surface area (TPSA) is 85.1 Å². The first-order valence-electron chi connectivity index (χ1n) is 6.99. The largest absolute Gasteiger partial charge is 0.618 e. The minimum absolute atomic E-state index is 0.152. The standard InChI is InChI=1S/C16H17N3O3S/c1-11(23-15-5-3-4-10-19(15)22)16(21)18-14-8-6-13(7-9-14)17-12(2)20/h3-11H,1-2H3,(H,17,20)(H,18,21)/t11-/m0/s1. The van der Waals surface area contributed by atoms with Crippen LogP contribution in [0.4, 0.5) is 11.4 Å². The highest BCUT2D eigenvalue weighted by atomic mass is 32.2. The summed E-state index contributed by atoms with van der Waals surface area (Å²) >= 11 is 1.19. The number of hydrogen-bond acceptors (Lipinski definition) is 4. The van der Waals surface area contributed by atoms with Gasteiger partial charge in [-0.1, -0.05) is 0 Å². The van der Waals surface area contributed by atoms with Crippen molar-refractivity contribution >= 4 is 35.0 Å². The monoisotopic (exact) mass is 331 g/mol. The third kappa shape index (κ3) is 5.00. The highest BCUT2D eigenvalue weighted by Crippen LogP contribution is 2.21. The molecular weight excluding hydrogens is 314 g/mol. The van der Waals surface area contributed by atoms with E-state index >= 15 is 0 Å². The van der Waals surface area contributed by atoms with Crippen LogP contribution in [0.15, 0.2) is 53.7 Å². The van der Waals surface area contributed by atoms with Gasteiger partial charge >= 0.3 is 0 Å². The first kappa shape index (κ1) is 16.8. The van der Waals surface area contributed by atoms with E-state index in [1.807, 2.05) is 0 Å². The molecule has 7 heteroatoms. The lowest BCUT2D eigenvalue weighted by Gasteiger charge is -2.12. The first-order chi connectivity index (χ1) is 11.0. The van der Waals surface area contributed by atoms with Gasteiger partial charge in [-0.2, -0.15) is 4.73 Å².